The summed E-state index contributed by atoms with van der Waals surface area (Å²) in [6, 6.07) is -0.761. The molecule has 0 aromatic rings. The summed E-state index contributed by atoms with van der Waals surface area (Å²) in [6.45, 7) is 7.90. The second-order valence-electron chi connectivity index (χ2n) is 6.56. The van der Waals surface area contributed by atoms with Gasteiger partial charge in [0.05, 0.1) is 37.3 Å². The van der Waals surface area contributed by atoms with Crippen molar-refractivity contribution in [1.29, 1.82) is 0 Å². The SMILES string of the molecule is C=CCOC(=O)N1CCOC[C@H]1C=C(C)C(=O)C[C@H]1NC(=O)[C@@H]1[C@@H](C)O. The number of allylic oxidation sites excluding steroid dienone is 1. The molecule has 0 spiro atoms. The summed E-state index contributed by atoms with van der Waals surface area (Å²) in [4.78, 5) is 37.6. The van der Waals surface area contributed by atoms with Crippen LogP contribution in [0.4, 0.5) is 4.79 Å². The van der Waals surface area contributed by atoms with Crippen LogP contribution < -0.4 is 5.32 Å². The molecule has 2 saturated heterocycles. The maximum absolute atomic E-state index is 12.5. The highest BCUT2D eigenvalue weighted by atomic mass is 16.6. The molecule has 2 heterocycles. The zero-order chi connectivity index (χ0) is 19.3. The van der Waals surface area contributed by atoms with Gasteiger partial charge in [-0.15, -0.1) is 0 Å². The maximum atomic E-state index is 12.5. The largest absolute Gasteiger partial charge is 0.445 e. The van der Waals surface area contributed by atoms with Crippen molar-refractivity contribution in [2.45, 2.75) is 38.5 Å². The smallest absolute Gasteiger partial charge is 0.410 e. The number of aliphatic hydroxyl groups is 1. The van der Waals surface area contributed by atoms with Gasteiger partial charge in [0, 0.05) is 13.0 Å². The minimum Gasteiger partial charge on any atom is -0.445 e. The molecule has 0 aromatic heterocycles. The first-order chi connectivity index (χ1) is 12.3. The van der Waals surface area contributed by atoms with Gasteiger partial charge >= 0.3 is 6.09 Å². The molecule has 2 amide bonds. The number of morpholine rings is 1. The van der Waals surface area contributed by atoms with E-state index in [1.165, 1.54) is 17.9 Å². The Morgan fingerprint density at radius 1 is 1.54 bits per heavy atom. The lowest BCUT2D eigenvalue weighted by Crippen LogP contribution is -2.62. The van der Waals surface area contributed by atoms with E-state index in [2.05, 4.69) is 11.9 Å². The predicted octanol–water partition coefficient (Wildman–Crippen LogP) is 0.411. The molecular weight excluding hydrogens is 340 g/mol. The van der Waals surface area contributed by atoms with Crippen LogP contribution in [0.25, 0.3) is 0 Å². The Kier molecular flexibility index (Phi) is 6.93. The summed E-state index contributed by atoms with van der Waals surface area (Å²) >= 11 is 0. The lowest BCUT2D eigenvalue weighted by molar-refractivity contribution is -0.141. The van der Waals surface area contributed by atoms with E-state index >= 15 is 0 Å². The van der Waals surface area contributed by atoms with Gasteiger partial charge in [0.25, 0.3) is 0 Å². The molecule has 2 rings (SSSR count). The minimum absolute atomic E-state index is 0.109. The van der Waals surface area contributed by atoms with Gasteiger partial charge < -0.3 is 19.9 Å². The fraction of sp³-hybridized carbons (Fsp3) is 0.611. The number of carbonyl (C=O) groups is 3. The lowest BCUT2D eigenvalue weighted by Gasteiger charge is -2.38. The summed E-state index contributed by atoms with van der Waals surface area (Å²) in [6.07, 6.45) is 2.01. The first-order valence-corrected chi connectivity index (χ1v) is 8.67. The van der Waals surface area contributed by atoms with Crippen molar-refractivity contribution in [3.8, 4) is 0 Å². The first-order valence-electron chi connectivity index (χ1n) is 8.67. The normalized spacial score (nSPS) is 27.2. The summed E-state index contributed by atoms with van der Waals surface area (Å²) in [5.74, 6) is -0.947. The molecule has 2 aliphatic rings. The molecule has 0 aliphatic carbocycles. The molecule has 0 bridgehead atoms. The number of β-lactam (4-membered cyclic amide) rings is 1. The van der Waals surface area contributed by atoms with Gasteiger partial charge in [0.15, 0.2) is 5.78 Å². The number of nitrogens with zero attached hydrogens (tertiary/aromatic N) is 1. The average Bonchev–Trinajstić information content (AvgIpc) is 2.58. The van der Waals surface area contributed by atoms with Crippen molar-refractivity contribution in [3.63, 3.8) is 0 Å². The molecule has 2 N–H and O–H groups in total. The zero-order valence-corrected chi connectivity index (χ0v) is 15.1. The fourth-order valence-corrected chi connectivity index (χ4v) is 3.13. The Morgan fingerprint density at radius 2 is 2.27 bits per heavy atom. The maximum Gasteiger partial charge on any atom is 0.410 e. The second kappa shape index (κ2) is 8.95. The number of aliphatic hydroxyl groups excluding tert-OH is 1. The minimum atomic E-state index is -0.798. The van der Waals surface area contributed by atoms with Gasteiger partial charge in [-0.05, 0) is 19.4 Å². The van der Waals surface area contributed by atoms with E-state index in [1.54, 1.807) is 13.0 Å². The van der Waals surface area contributed by atoms with Crippen LogP contribution in [-0.4, -0.2) is 72.3 Å². The first kappa shape index (κ1) is 20.1. The molecule has 0 aromatic carbocycles. The molecule has 4 atom stereocenters. The van der Waals surface area contributed by atoms with E-state index in [-0.39, 0.29) is 37.4 Å². The van der Waals surface area contributed by atoms with Crippen LogP contribution in [-0.2, 0) is 19.1 Å². The Hall–Kier alpha value is -2.19. The number of hydrogen-bond acceptors (Lipinski definition) is 6. The fourth-order valence-electron chi connectivity index (χ4n) is 3.13. The van der Waals surface area contributed by atoms with Crippen LogP contribution >= 0.6 is 0 Å². The molecule has 8 heteroatoms. The standard InChI is InChI=1S/C18H26N2O6/c1-4-6-26-18(24)20-5-7-25-10-13(20)8-11(2)15(22)9-14-16(12(3)21)17(23)19-14/h4,8,12-14,16,21H,1,5-7,9-10H2,2-3H3,(H,19,23)/t12-,13-,14-,16-/m1/s1. The van der Waals surface area contributed by atoms with Gasteiger partial charge in [-0.25, -0.2) is 4.79 Å². The molecule has 144 valence electrons. The third-order valence-electron chi connectivity index (χ3n) is 4.60. The highest BCUT2D eigenvalue weighted by Crippen LogP contribution is 2.23. The molecule has 0 saturated carbocycles. The van der Waals surface area contributed by atoms with Crippen molar-refractivity contribution < 1.29 is 29.0 Å². The third-order valence-corrected chi connectivity index (χ3v) is 4.60. The highest BCUT2D eigenvalue weighted by Gasteiger charge is 2.43. The number of ketones is 1. The monoisotopic (exact) mass is 366 g/mol. The van der Waals surface area contributed by atoms with Crippen molar-refractivity contribution >= 4 is 17.8 Å². The van der Waals surface area contributed by atoms with E-state index < -0.39 is 24.2 Å². The predicted molar refractivity (Wildman–Crippen MR) is 93.3 cm³/mol. The molecule has 0 unspecified atom stereocenters. The molecule has 2 fully saturated rings. The van der Waals surface area contributed by atoms with E-state index in [1.807, 2.05) is 0 Å². The van der Waals surface area contributed by atoms with Crippen LogP contribution in [0.2, 0.25) is 0 Å². The van der Waals surface area contributed by atoms with Crippen LogP contribution in [0.5, 0.6) is 0 Å². The zero-order valence-electron chi connectivity index (χ0n) is 15.1. The number of hydrogen-bond donors (Lipinski definition) is 2. The van der Waals surface area contributed by atoms with Gasteiger partial charge in [-0.1, -0.05) is 18.7 Å². The third kappa shape index (κ3) is 4.70. The van der Waals surface area contributed by atoms with Gasteiger partial charge in [0.2, 0.25) is 5.91 Å². The summed E-state index contributed by atoms with van der Waals surface area (Å²) < 4.78 is 10.5. The number of Topliss-reactive ketones (excluding diaryl/α,β-unsaturated/α-hetero) is 1. The van der Waals surface area contributed by atoms with Gasteiger partial charge in [0.1, 0.15) is 6.61 Å². The number of amides is 2. The molecule has 26 heavy (non-hydrogen) atoms. The van der Waals surface area contributed by atoms with E-state index in [0.29, 0.717) is 18.7 Å². The molecular formula is C18H26N2O6. The Balaban J connectivity index is 1.99. The van der Waals surface area contributed by atoms with Crippen LogP contribution in [0.1, 0.15) is 20.3 Å². The average molecular weight is 366 g/mol. The highest BCUT2D eigenvalue weighted by molar-refractivity contribution is 5.97. The Morgan fingerprint density at radius 3 is 2.88 bits per heavy atom. The molecule has 2 aliphatic heterocycles. The number of rotatable bonds is 7. The summed E-state index contributed by atoms with van der Waals surface area (Å²) in [5, 5.41) is 12.3. The number of nitrogens with one attached hydrogen (secondary N) is 1. The van der Waals surface area contributed by atoms with Crippen LogP contribution in [0.3, 0.4) is 0 Å². The quantitative estimate of drug-likeness (QED) is 0.384. The summed E-state index contributed by atoms with van der Waals surface area (Å²) in [7, 11) is 0. The van der Waals surface area contributed by atoms with Gasteiger partial charge in [-0.3, -0.25) is 14.5 Å². The molecule has 8 nitrogen and oxygen atoms in total. The van der Waals surface area contributed by atoms with Crippen molar-refractivity contribution in [1.82, 2.24) is 10.2 Å². The van der Waals surface area contributed by atoms with Gasteiger partial charge in [-0.2, -0.15) is 0 Å². The van der Waals surface area contributed by atoms with Crippen molar-refractivity contribution in [3.05, 3.63) is 24.3 Å². The van der Waals surface area contributed by atoms with Crippen molar-refractivity contribution in [2.75, 3.05) is 26.4 Å². The van der Waals surface area contributed by atoms with Crippen molar-refractivity contribution in [2.24, 2.45) is 5.92 Å². The second-order valence-corrected chi connectivity index (χ2v) is 6.56. The molecule has 0 radical (unpaired) electrons. The van der Waals surface area contributed by atoms with E-state index in [4.69, 9.17) is 9.47 Å². The lowest BCUT2D eigenvalue weighted by atomic mass is 9.82. The topological polar surface area (TPSA) is 105 Å². The Labute approximate surface area is 152 Å². The van der Waals surface area contributed by atoms with E-state index in [9.17, 15) is 19.5 Å². The van der Waals surface area contributed by atoms with Crippen LogP contribution in [0.15, 0.2) is 24.3 Å². The van der Waals surface area contributed by atoms with E-state index in [0.717, 1.165) is 0 Å². The Bertz CT molecular complexity index is 600. The number of ether oxygens (including phenoxy) is 2. The summed E-state index contributed by atoms with van der Waals surface area (Å²) in [5.41, 5.74) is 0.479. The van der Waals surface area contributed by atoms with Crippen LogP contribution in [0, 0.1) is 5.92 Å². The number of carbonyl (C=O) groups excluding carboxylic acids is 3.